The zero-order chi connectivity index (χ0) is 33.8. The molecule has 3 aromatic carbocycles. The number of fused-ring (bicyclic) bond motifs is 1. The Morgan fingerprint density at radius 2 is 1.68 bits per heavy atom. The molecule has 47 heavy (non-hydrogen) atoms. The second kappa shape index (κ2) is 13.9. The SMILES string of the molecule is COc1ccc(Cn2cc(C(O)(CN3CCC(Oc4ccc(CCC(=O)O)cc4OC)CC3)C(F)(F)F)c3ccc(C#N)cc32)cc1. The monoisotopic (exact) mass is 651 g/mol. The van der Waals surface area contributed by atoms with Gasteiger partial charge in [-0.05, 0) is 66.8 Å². The summed E-state index contributed by atoms with van der Waals surface area (Å²) in [5.41, 5.74) is -1.17. The van der Waals surface area contributed by atoms with E-state index in [2.05, 4.69) is 0 Å². The molecule has 1 atom stereocenters. The van der Waals surface area contributed by atoms with Gasteiger partial charge in [0.1, 0.15) is 11.9 Å². The van der Waals surface area contributed by atoms with Crippen LogP contribution in [0.3, 0.4) is 0 Å². The van der Waals surface area contributed by atoms with Crippen molar-refractivity contribution in [2.24, 2.45) is 0 Å². The van der Waals surface area contributed by atoms with Crippen LogP contribution in [0.25, 0.3) is 10.9 Å². The Morgan fingerprint density at radius 3 is 2.30 bits per heavy atom. The lowest BCUT2D eigenvalue weighted by atomic mass is 9.90. The van der Waals surface area contributed by atoms with E-state index in [1.54, 1.807) is 46.9 Å². The van der Waals surface area contributed by atoms with Crippen LogP contribution < -0.4 is 14.2 Å². The zero-order valence-electron chi connectivity index (χ0n) is 26.1. The molecule has 248 valence electrons. The van der Waals surface area contributed by atoms with Crippen LogP contribution in [0.4, 0.5) is 13.2 Å². The molecule has 0 radical (unpaired) electrons. The first-order chi connectivity index (χ1) is 22.4. The van der Waals surface area contributed by atoms with Gasteiger partial charge in [0, 0.05) is 49.7 Å². The fraction of sp³-hybridized carbons (Fsp3) is 0.371. The van der Waals surface area contributed by atoms with Gasteiger partial charge in [-0.2, -0.15) is 18.4 Å². The molecule has 1 fully saturated rings. The summed E-state index contributed by atoms with van der Waals surface area (Å²) in [6.45, 7) is 0.0544. The molecule has 9 nitrogen and oxygen atoms in total. The number of benzene rings is 3. The fourth-order valence-corrected chi connectivity index (χ4v) is 5.98. The molecule has 4 aromatic rings. The lowest BCUT2D eigenvalue weighted by molar-refractivity contribution is -0.272. The van der Waals surface area contributed by atoms with Crippen molar-refractivity contribution in [1.82, 2.24) is 9.47 Å². The summed E-state index contributed by atoms with van der Waals surface area (Å²) >= 11 is 0. The molecule has 0 bridgehead atoms. The molecule has 1 unspecified atom stereocenters. The summed E-state index contributed by atoms with van der Waals surface area (Å²) in [5, 5.41) is 30.2. The van der Waals surface area contributed by atoms with Gasteiger partial charge < -0.3 is 29.0 Å². The predicted molar refractivity (Wildman–Crippen MR) is 168 cm³/mol. The summed E-state index contributed by atoms with van der Waals surface area (Å²) in [7, 11) is 3.03. The number of aliphatic carboxylic acids is 1. The minimum absolute atomic E-state index is 0.0177. The van der Waals surface area contributed by atoms with Gasteiger partial charge in [0.2, 0.25) is 5.60 Å². The standard InChI is InChI=1S/C35H36F3N3O6/c1-45-26-8-3-24(4-9-26)20-41-21-29(28-10-5-25(19-39)17-30(28)41)34(44,35(36,37)38)22-40-15-13-27(14-16-40)47-31-11-6-23(7-12-33(42)43)18-32(31)46-2/h3-6,8-11,17-18,21,27,44H,7,12-16,20,22H2,1-2H3,(H,42,43). The number of hydrogen-bond acceptors (Lipinski definition) is 7. The molecule has 2 N–H and O–H groups in total. The Labute approximate surface area is 270 Å². The molecule has 0 amide bonds. The number of rotatable bonds is 12. The summed E-state index contributed by atoms with van der Waals surface area (Å²) < 4.78 is 63.1. The third kappa shape index (κ3) is 7.48. The molecule has 0 spiro atoms. The van der Waals surface area contributed by atoms with Crippen molar-refractivity contribution in [2.75, 3.05) is 33.9 Å². The summed E-state index contributed by atoms with van der Waals surface area (Å²) in [5.74, 6) is 0.663. The minimum atomic E-state index is -5.00. The maximum atomic E-state index is 14.9. The van der Waals surface area contributed by atoms with Gasteiger partial charge in [0.25, 0.3) is 0 Å². The first-order valence-electron chi connectivity index (χ1n) is 15.2. The number of aliphatic hydroxyl groups is 1. The van der Waals surface area contributed by atoms with Crippen molar-refractivity contribution in [2.45, 2.75) is 50.1 Å². The zero-order valence-corrected chi connectivity index (χ0v) is 26.1. The molecule has 1 aliphatic rings. The largest absolute Gasteiger partial charge is 0.497 e. The van der Waals surface area contributed by atoms with E-state index in [1.165, 1.54) is 31.5 Å². The van der Waals surface area contributed by atoms with Gasteiger partial charge in [-0.1, -0.05) is 24.3 Å². The van der Waals surface area contributed by atoms with Crippen molar-refractivity contribution >= 4 is 16.9 Å². The summed E-state index contributed by atoms with van der Waals surface area (Å²) in [6.07, 6.45) is -2.79. The number of carboxylic acid groups (broad SMARTS) is 1. The predicted octanol–water partition coefficient (Wildman–Crippen LogP) is 5.89. The second-order valence-corrected chi connectivity index (χ2v) is 11.7. The molecule has 0 saturated carbocycles. The number of alkyl halides is 3. The van der Waals surface area contributed by atoms with Gasteiger partial charge >= 0.3 is 12.1 Å². The minimum Gasteiger partial charge on any atom is -0.497 e. The number of aryl methyl sites for hydroxylation is 1. The molecule has 1 aliphatic heterocycles. The van der Waals surface area contributed by atoms with Crippen molar-refractivity contribution in [3.63, 3.8) is 0 Å². The number of halogens is 3. The molecule has 0 aliphatic carbocycles. The quantitative estimate of drug-likeness (QED) is 0.195. The summed E-state index contributed by atoms with van der Waals surface area (Å²) in [4.78, 5) is 12.5. The third-order valence-corrected chi connectivity index (χ3v) is 8.57. The van der Waals surface area contributed by atoms with Crippen LogP contribution in [0, 0.1) is 11.3 Å². The lowest BCUT2D eigenvalue weighted by Gasteiger charge is -2.39. The lowest BCUT2D eigenvalue weighted by Crippen LogP contribution is -2.53. The van der Waals surface area contributed by atoms with Crippen molar-refractivity contribution in [3.8, 4) is 23.3 Å². The van der Waals surface area contributed by atoms with Crippen molar-refractivity contribution < 1.29 is 42.4 Å². The number of ether oxygens (including phenoxy) is 3. The van der Waals surface area contributed by atoms with Crippen LogP contribution in [0.1, 0.15) is 41.5 Å². The Balaban J connectivity index is 1.35. The third-order valence-electron chi connectivity index (χ3n) is 8.57. The number of β-amino-alcohol motifs (C(OH)–C–C–N with tert-alkyl or cyclic N) is 1. The van der Waals surface area contributed by atoms with Crippen molar-refractivity contribution in [1.29, 1.82) is 5.26 Å². The normalized spacial score (nSPS) is 15.6. The van der Waals surface area contributed by atoms with E-state index >= 15 is 0 Å². The van der Waals surface area contributed by atoms with Crippen LogP contribution in [-0.2, 0) is 23.4 Å². The van der Waals surface area contributed by atoms with Crippen molar-refractivity contribution in [3.05, 3.63) is 89.1 Å². The Kier molecular flexibility index (Phi) is 9.98. The molecular weight excluding hydrogens is 615 g/mol. The van der Waals surface area contributed by atoms with E-state index in [-0.39, 0.29) is 43.1 Å². The maximum absolute atomic E-state index is 14.9. The number of nitriles is 1. The van der Waals surface area contributed by atoms with Crippen LogP contribution in [0.5, 0.6) is 17.2 Å². The Morgan fingerprint density at radius 1 is 0.979 bits per heavy atom. The number of methoxy groups -OCH3 is 2. The van der Waals surface area contributed by atoms with E-state index in [0.717, 1.165) is 11.1 Å². The van der Waals surface area contributed by atoms with Gasteiger partial charge in [-0.25, -0.2) is 0 Å². The highest BCUT2D eigenvalue weighted by Crippen LogP contribution is 2.44. The molecule has 1 saturated heterocycles. The van der Waals surface area contributed by atoms with Crippen LogP contribution in [0.2, 0.25) is 0 Å². The van der Waals surface area contributed by atoms with Crippen LogP contribution in [-0.4, -0.2) is 71.8 Å². The number of piperidine rings is 1. The summed E-state index contributed by atoms with van der Waals surface area (Å²) in [6, 6.07) is 18.8. The van der Waals surface area contributed by atoms with Gasteiger partial charge in [-0.3, -0.25) is 9.69 Å². The van der Waals surface area contributed by atoms with Gasteiger partial charge in [-0.15, -0.1) is 0 Å². The van der Waals surface area contributed by atoms with Gasteiger partial charge in [0.05, 0.1) is 31.4 Å². The average Bonchev–Trinajstić information content (AvgIpc) is 3.42. The highest BCUT2D eigenvalue weighted by Gasteiger charge is 2.57. The van der Waals surface area contributed by atoms with Crippen LogP contribution in [0.15, 0.2) is 66.9 Å². The number of carbonyl (C=O) groups is 1. The number of nitrogens with zero attached hydrogens (tertiary/aromatic N) is 3. The fourth-order valence-electron chi connectivity index (χ4n) is 5.98. The first-order valence-corrected chi connectivity index (χ1v) is 15.2. The van der Waals surface area contributed by atoms with Crippen LogP contribution >= 0.6 is 0 Å². The Hall–Kier alpha value is -4.73. The second-order valence-electron chi connectivity index (χ2n) is 11.7. The molecule has 1 aromatic heterocycles. The number of likely N-dealkylation sites (tertiary alicyclic amines) is 1. The van der Waals surface area contributed by atoms with E-state index in [0.29, 0.717) is 47.6 Å². The molecule has 12 heteroatoms. The molecular formula is C35H36F3N3O6. The van der Waals surface area contributed by atoms with E-state index in [9.17, 15) is 28.3 Å². The molecule has 5 rings (SSSR count). The molecule has 2 heterocycles. The topological polar surface area (TPSA) is 117 Å². The first kappa shape index (κ1) is 33.6. The van der Waals surface area contributed by atoms with E-state index in [4.69, 9.17) is 19.3 Å². The number of hydrogen-bond donors (Lipinski definition) is 2. The highest BCUT2D eigenvalue weighted by molar-refractivity contribution is 5.86. The Bertz CT molecular complexity index is 1760. The van der Waals surface area contributed by atoms with E-state index in [1.807, 2.05) is 18.2 Å². The van der Waals surface area contributed by atoms with E-state index < -0.39 is 24.3 Å². The number of aromatic nitrogens is 1. The smallest absolute Gasteiger partial charge is 0.422 e. The highest BCUT2D eigenvalue weighted by atomic mass is 19.4. The number of carboxylic acids is 1. The maximum Gasteiger partial charge on any atom is 0.422 e. The van der Waals surface area contributed by atoms with Gasteiger partial charge in [0.15, 0.2) is 11.5 Å². The average molecular weight is 652 g/mol.